The van der Waals surface area contributed by atoms with Crippen LogP contribution in [-0.4, -0.2) is 25.1 Å². The van der Waals surface area contributed by atoms with Gasteiger partial charge in [-0.2, -0.15) is 5.10 Å². The summed E-state index contributed by atoms with van der Waals surface area (Å²) in [4.78, 5) is 23.0. The summed E-state index contributed by atoms with van der Waals surface area (Å²) < 4.78 is 0. The van der Waals surface area contributed by atoms with E-state index in [2.05, 4.69) is 25.5 Å². The first-order valence-corrected chi connectivity index (χ1v) is 7.07. The second kappa shape index (κ2) is 4.43. The van der Waals surface area contributed by atoms with Crippen LogP contribution in [0.25, 0.3) is 0 Å². The molecule has 20 heavy (non-hydrogen) atoms. The van der Waals surface area contributed by atoms with Crippen molar-refractivity contribution in [2.75, 3.05) is 5.32 Å². The van der Waals surface area contributed by atoms with Gasteiger partial charge in [-0.15, -0.1) is 0 Å². The van der Waals surface area contributed by atoms with Gasteiger partial charge in [-0.05, 0) is 32.1 Å². The number of H-pyrrole nitrogens is 2. The zero-order valence-electron chi connectivity index (χ0n) is 11.1. The molecule has 0 aliphatic heterocycles. The molecule has 0 radical (unpaired) electrons. The maximum atomic E-state index is 11.0. The van der Waals surface area contributed by atoms with Gasteiger partial charge in [0.1, 0.15) is 17.5 Å². The van der Waals surface area contributed by atoms with Gasteiger partial charge < -0.3 is 5.32 Å². The van der Waals surface area contributed by atoms with Crippen molar-refractivity contribution in [3.63, 3.8) is 0 Å². The summed E-state index contributed by atoms with van der Waals surface area (Å²) in [5, 5.41) is 9.55. The van der Waals surface area contributed by atoms with Gasteiger partial charge in [0.05, 0.1) is 6.54 Å². The van der Waals surface area contributed by atoms with Crippen LogP contribution in [0, 0.1) is 0 Å². The van der Waals surface area contributed by atoms with Crippen LogP contribution < -0.4 is 11.0 Å². The Bertz CT molecular complexity index is 699. The Hall–Kier alpha value is -2.18. The number of fused-ring (bicyclic) bond motifs is 1. The molecular formula is C13H16N6O. The number of aromatic amines is 2. The highest BCUT2D eigenvalue weighted by Crippen LogP contribution is 2.40. The molecule has 104 valence electrons. The van der Waals surface area contributed by atoms with E-state index in [1.54, 1.807) is 0 Å². The third-order valence-corrected chi connectivity index (χ3v) is 3.87. The molecule has 2 aliphatic rings. The molecule has 2 aromatic heterocycles. The second-order valence-electron chi connectivity index (χ2n) is 5.46. The summed E-state index contributed by atoms with van der Waals surface area (Å²) in [5.41, 5.74) is 2.14. The lowest BCUT2D eigenvalue weighted by atomic mass is 10.2. The fourth-order valence-corrected chi connectivity index (χ4v) is 2.68. The van der Waals surface area contributed by atoms with Gasteiger partial charge in [-0.1, -0.05) is 0 Å². The minimum atomic E-state index is -0.284. The van der Waals surface area contributed by atoms with Crippen molar-refractivity contribution < 1.29 is 0 Å². The molecule has 0 aromatic carbocycles. The molecule has 7 nitrogen and oxygen atoms in total. The third-order valence-electron chi connectivity index (χ3n) is 3.87. The number of nitrogens with one attached hydrogen (secondary N) is 3. The van der Waals surface area contributed by atoms with Crippen LogP contribution in [0.1, 0.15) is 48.1 Å². The van der Waals surface area contributed by atoms with E-state index in [0.29, 0.717) is 18.3 Å². The molecule has 0 saturated heterocycles. The van der Waals surface area contributed by atoms with Crippen LogP contribution in [-0.2, 0) is 19.4 Å². The van der Waals surface area contributed by atoms with E-state index in [1.165, 1.54) is 24.1 Å². The highest BCUT2D eigenvalue weighted by atomic mass is 16.1. The summed E-state index contributed by atoms with van der Waals surface area (Å²) in [7, 11) is 0. The number of aromatic nitrogens is 5. The minimum absolute atomic E-state index is 0.284. The quantitative estimate of drug-likeness (QED) is 0.766. The molecule has 0 spiro atoms. The first-order chi connectivity index (χ1) is 9.79. The lowest BCUT2D eigenvalue weighted by molar-refractivity contribution is 0.867. The predicted octanol–water partition coefficient (Wildman–Crippen LogP) is 0.866. The van der Waals surface area contributed by atoms with Crippen molar-refractivity contribution in [2.24, 2.45) is 0 Å². The van der Waals surface area contributed by atoms with Crippen LogP contribution in [0.4, 0.5) is 5.82 Å². The number of nitrogens with zero attached hydrogens (tertiary/aromatic N) is 3. The lowest BCUT2D eigenvalue weighted by Crippen LogP contribution is -2.10. The topological polar surface area (TPSA) is 99.3 Å². The van der Waals surface area contributed by atoms with E-state index in [1.807, 2.05) is 0 Å². The molecule has 4 rings (SSSR count). The van der Waals surface area contributed by atoms with Crippen LogP contribution in [0.3, 0.4) is 0 Å². The van der Waals surface area contributed by atoms with Crippen LogP contribution >= 0.6 is 0 Å². The molecular weight excluding hydrogens is 256 g/mol. The summed E-state index contributed by atoms with van der Waals surface area (Å²) in [5.74, 6) is 3.03. The van der Waals surface area contributed by atoms with Crippen molar-refractivity contribution in [1.82, 2.24) is 25.1 Å². The Labute approximate surface area is 115 Å². The average Bonchev–Trinajstić information content (AvgIpc) is 3.05. The third kappa shape index (κ3) is 2.09. The molecule has 0 bridgehead atoms. The number of hydrogen-bond acceptors (Lipinski definition) is 5. The van der Waals surface area contributed by atoms with Gasteiger partial charge in [0.15, 0.2) is 0 Å². The molecule has 0 amide bonds. The molecule has 2 heterocycles. The largest absolute Gasteiger partial charge is 0.362 e. The molecule has 0 atom stereocenters. The Morgan fingerprint density at radius 1 is 1.25 bits per heavy atom. The maximum absolute atomic E-state index is 11.0. The standard InChI is InChI=1S/C13H16N6O/c20-13-16-10(18-19-13)6-14-12-8-2-1-3-9(8)15-11(17-12)7-4-5-7/h7H,1-6H2,(H,14,15,17)(H2,16,18,19,20). The van der Waals surface area contributed by atoms with E-state index in [-0.39, 0.29) is 5.69 Å². The van der Waals surface area contributed by atoms with Gasteiger partial charge in [0.25, 0.3) is 0 Å². The molecule has 1 fully saturated rings. The van der Waals surface area contributed by atoms with E-state index < -0.39 is 0 Å². The van der Waals surface area contributed by atoms with E-state index in [0.717, 1.165) is 30.9 Å². The van der Waals surface area contributed by atoms with Crippen molar-refractivity contribution in [3.8, 4) is 0 Å². The molecule has 1 saturated carbocycles. The molecule has 3 N–H and O–H groups in total. The Morgan fingerprint density at radius 3 is 2.90 bits per heavy atom. The van der Waals surface area contributed by atoms with Crippen LogP contribution in [0.15, 0.2) is 4.79 Å². The predicted molar refractivity (Wildman–Crippen MR) is 72.6 cm³/mol. The van der Waals surface area contributed by atoms with Gasteiger partial charge in [-0.3, -0.25) is 4.98 Å². The first-order valence-electron chi connectivity index (χ1n) is 7.07. The summed E-state index contributed by atoms with van der Waals surface area (Å²) in [6.07, 6.45) is 5.62. The molecule has 7 heteroatoms. The zero-order valence-corrected chi connectivity index (χ0v) is 11.1. The maximum Gasteiger partial charge on any atom is 0.340 e. The van der Waals surface area contributed by atoms with E-state index in [4.69, 9.17) is 4.98 Å². The summed E-state index contributed by atoms with van der Waals surface area (Å²) >= 11 is 0. The highest BCUT2D eigenvalue weighted by Gasteiger charge is 2.29. The van der Waals surface area contributed by atoms with Crippen molar-refractivity contribution in [3.05, 3.63) is 33.4 Å². The number of anilines is 1. The summed E-state index contributed by atoms with van der Waals surface area (Å²) in [6.45, 7) is 0.465. The molecule has 2 aliphatic carbocycles. The molecule has 2 aromatic rings. The normalized spacial score (nSPS) is 17.2. The van der Waals surface area contributed by atoms with Gasteiger partial charge >= 0.3 is 5.69 Å². The second-order valence-corrected chi connectivity index (χ2v) is 5.46. The Morgan fingerprint density at radius 2 is 2.15 bits per heavy atom. The first kappa shape index (κ1) is 11.6. The SMILES string of the molecule is O=c1[nH]nc(CNc2nc(C3CC3)nc3c2CCC3)[nH]1. The number of rotatable bonds is 4. The smallest absolute Gasteiger partial charge is 0.340 e. The molecule has 0 unspecified atom stereocenters. The fraction of sp³-hybridized carbons (Fsp3) is 0.538. The number of hydrogen-bond donors (Lipinski definition) is 3. The lowest BCUT2D eigenvalue weighted by Gasteiger charge is -2.11. The monoisotopic (exact) mass is 272 g/mol. The zero-order chi connectivity index (χ0) is 13.5. The van der Waals surface area contributed by atoms with Crippen LogP contribution in [0.2, 0.25) is 0 Å². The van der Waals surface area contributed by atoms with Crippen LogP contribution in [0.5, 0.6) is 0 Å². The van der Waals surface area contributed by atoms with Gasteiger partial charge in [0.2, 0.25) is 0 Å². The summed E-state index contributed by atoms with van der Waals surface area (Å²) in [6, 6.07) is 0. The Balaban J connectivity index is 1.61. The van der Waals surface area contributed by atoms with E-state index >= 15 is 0 Å². The fourth-order valence-electron chi connectivity index (χ4n) is 2.68. The minimum Gasteiger partial charge on any atom is -0.362 e. The van der Waals surface area contributed by atoms with E-state index in [9.17, 15) is 4.79 Å². The van der Waals surface area contributed by atoms with Gasteiger partial charge in [0, 0.05) is 17.2 Å². The van der Waals surface area contributed by atoms with Crippen molar-refractivity contribution in [2.45, 2.75) is 44.6 Å². The average molecular weight is 272 g/mol. The Kier molecular flexibility index (Phi) is 2.58. The highest BCUT2D eigenvalue weighted by molar-refractivity contribution is 5.49. The number of aryl methyl sites for hydroxylation is 1. The van der Waals surface area contributed by atoms with Gasteiger partial charge in [-0.25, -0.2) is 19.9 Å². The van der Waals surface area contributed by atoms with Crippen molar-refractivity contribution >= 4 is 5.82 Å². The van der Waals surface area contributed by atoms with Crippen molar-refractivity contribution in [1.29, 1.82) is 0 Å².